The van der Waals surface area contributed by atoms with Crippen LogP contribution in [0.2, 0.25) is 0 Å². The largest absolute Gasteiger partial charge is 0.463 e. The Bertz CT molecular complexity index is 1870. The molecule has 5 rings (SSSR count). The first kappa shape index (κ1) is 30.9. The Kier molecular flexibility index (Phi) is 9.44. The minimum Gasteiger partial charge on any atom is -0.463 e. The van der Waals surface area contributed by atoms with Gasteiger partial charge < -0.3 is 13.9 Å². The molecule has 9 heteroatoms. The maximum atomic E-state index is 14.0. The first-order chi connectivity index (χ1) is 21.2. The van der Waals surface area contributed by atoms with Crippen LogP contribution in [-0.4, -0.2) is 29.7 Å². The van der Waals surface area contributed by atoms with Crippen molar-refractivity contribution < 1.29 is 23.5 Å². The second-order valence-corrected chi connectivity index (χ2v) is 11.7. The number of benzene rings is 2. The van der Waals surface area contributed by atoms with Gasteiger partial charge in [0.2, 0.25) is 0 Å². The lowest BCUT2D eigenvalue weighted by atomic mass is 9.92. The number of rotatable bonds is 10. The Morgan fingerprint density at radius 2 is 1.64 bits per heavy atom. The molecule has 2 aromatic carbocycles. The number of thiazole rings is 1. The summed E-state index contributed by atoms with van der Waals surface area (Å²) in [5, 5.41) is 0. The number of fused-ring (bicyclic) bond motifs is 1. The van der Waals surface area contributed by atoms with Crippen molar-refractivity contribution in [3.8, 4) is 11.3 Å². The van der Waals surface area contributed by atoms with E-state index in [0.29, 0.717) is 56.6 Å². The van der Waals surface area contributed by atoms with Gasteiger partial charge in [-0.2, -0.15) is 0 Å². The Hall–Kier alpha value is -4.50. The third-order valence-corrected chi connectivity index (χ3v) is 8.37. The zero-order chi connectivity index (χ0) is 31.4. The molecule has 3 heterocycles. The van der Waals surface area contributed by atoms with Crippen LogP contribution < -0.4 is 14.9 Å². The SMILES string of the molecule is CCCC1=C(C(=O)OCC)[C@@H](c2ccc(C(C)C)cc2)n2c(s/c(=C\c3ccc(-c4ccc(C(=O)OCC)cc4)o3)c2=O)=N1. The number of ether oxygens (including phenoxy) is 2. The number of hydrogen-bond donors (Lipinski definition) is 0. The molecule has 44 heavy (non-hydrogen) atoms. The highest BCUT2D eigenvalue weighted by Gasteiger charge is 2.34. The van der Waals surface area contributed by atoms with Crippen molar-refractivity contribution in [1.82, 2.24) is 4.57 Å². The van der Waals surface area contributed by atoms with Crippen molar-refractivity contribution in [3.63, 3.8) is 0 Å². The third-order valence-electron chi connectivity index (χ3n) is 7.39. The van der Waals surface area contributed by atoms with Crippen molar-refractivity contribution in [3.05, 3.63) is 114 Å². The van der Waals surface area contributed by atoms with Gasteiger partial charge in [0.15, 0.2) is 4.80 Å². The van der Waals surface area contributed by atoms with Gasteiger partial charge in [-0.15, -0.1) is 0 Å². The standard InChI is InChI=1S/C35H36N2O6S/c1-6-9-27-30(34(40)42-8-3)31(24-14-10-22(11-15-24)21(4)5)37-32(38)29(44-35(37)36-27)20-26-18-19-28(43-26)23-12-16-25(17-13-23)33(39)41-7-2/h10-21,31H,6-9H2,1-5H3/b29-20-/t31-/m1/s1. The van der Waals surface area contributed by atoms with E-state index in [2.05, 4.69) is 13.8 Å². The van der Waals surface area contributed by atoms with E-state index < -0.39 is 12.0 Å². The summed E-state index contributed by atoms with van der Waals surface area (Å²) in [6, 6.07) is 18.0. The smallest absolute Gasteiger partial charge is 0.338 e. The van der Waals surface area contributed by atoms with Crippen LogP contribution in [0.25, 0.3) is 17.4 Å². The zero-order valence-corrected chi connectivity index (χ0v) is 26.4. The lowest BCUT2D eigenvalue weighted by Gasteiger charge is -2.26. The summed E-state index contributed by atoms with van der Waals surface area (Å²) in [7, 11) is 0. The fraction of sp³-hybridized carbons (Fsp3) is 0.314. The molecule has 1 atom stereocenters. The second-order valence-electron chi connectivity index (χ2n) is 10.7. The first-order valence-corrected chi connectivity index (χ1v) is 15.8. The molecule has 0 saturated carbocycles. The number of furan rings is 1. The number of allylic oxidation sites excluding steroid dienone is 1. The van der Waals surface area contributed by atoms with Crippen LogP contribution in [0.3, 0.4) is 0 Å². The highest BCUT2D eigenvalue weighted by atomic mass is 32.1. The quantitative estimate of drug-likeness (QED) is 0.200. The normalized spacial score (nSPS) is 14.9. The third kappa shape index (κ3) is 6.24. The first-order valence-electron chi connectivity index (χ1n) is 14.9. The number of esters is 2. The van der Waals surface area contributed by atoms with Crippen LogP contribution in [0.5, 0.6) is 0 Å². The molecule has 0 spiro atoms. The Labute approximate surface area is 260 Å². The molecule has 0 saturated heterocycles. The predicted molar refractivity (Wildman–Crippen MR) is 170 cm³/mol. The Balaban J connectivity index is 1.58. The second kappa shape index (κ2) is 13.4. The van der Waals surface area contributed by atoms with E-state index in [9.17, 15) is 14.4 Å². The van der Waals surface area contributed by atoms with Gasteiger partial charge >= 0.3 is 11.9 Å². The molecule has 0 unspecified atom stereocenters. The van der Waals surface area contributed by atoms with Gasteiger partial charge in [-0.1, -0.05) is 74.9 Å². The molecule has 0 aliphatic carbocycles. The van der Waals surface area contributed by atoms with Gasteiger partial charge in [-0.3, -0.25) is 9.36 Å². The lowest BCUT2D eigenvalue weighted by molar-refractivity contribution is -0.139. The molecule has 0 bridgehead atoms. The summed E-state index contributed by atoms with van der Waals surface area (Å²) in [5.41, 5.74) is 4.01. The van der Waals surface area contributed by atoms with E-state index in [1.54, 1.807) is 54.8 Å². The van der Waals surface area contributed by atoms with E-state index >= 15 is 0 Å². The molecule has 1 aliphatic rings. The molecule has 0 fully saturated rings. The molecular formula is C35H36N2O6S. The van der Waals surface area contributed by atoms with Crippen LogP contribution >= 0.6 is 11.3 Å². The number of nitrogens with zero attached hydrogens (tertiary/aromatic N) is 2. The summed E-state index contributed by atoms with van der Waals surface area (Å²) >= 11 is 1.27. The Morgan fingerprint density at radius 3 is 2.27 bits per heavy atom. The van der Waals surface area contributed by atoms with Crippen LogP contribution in [0.4, 0.5) is 0 Å². The summed E-state index contributed by atoms with van der Waals surface area (Å²) < 4.78 is 18.7. The average Bonchev–Trinajstić information content (AvgIpc) is 3.61. The number of hydrogen-bond acceptors (Lipinski definition) is 8. The molecule has 8 nitrogen and oxygen atoms in total. The van der Waals surface area contributed by atoms with Gasteiger partial charge in [0, 0.05) is 11.6 Å². The topological polar surface area (TPSA) is 100 Å². The van der Waals surface area contributed by atoms with Crippen molar-refractivity contribution in [1.29, 1.82) is 0 Å². The van der Waals surface area contributed by atoms with E-state index in [0.717, 1.165) is 17.5 Å². The molecule has 0 amide bonds. The van der Waals surface area contributed by atoms with Gasteiger partial charge in [-0.25, -0.2) is 14.6 Å². The van der Waals surface area contributed by atoms with E-state index in [1.807, 2.05) is 37.3 Å². The highest BCUT2D eigenvalue weighted by Crippen LogP contribution is 2.33. The number of carbonyl (C=O) groups is 2. The monoisotopic (exact) mass is 612 g/mol. The van der Waals surface area contributed by atoms with Crippen molar-refractivity contribution in [2.45, 2.75) is 59.4 Å². The predicted octanol–water partition coefficient (Wildman–Crippen LogP) is 6.14. The molecule has 4 aromatic rings. The van der Waals surface area contributed by atoms with Gasteiger partial charge in [0.05, 0.1) is 40.6 Å². The van der Waals surface area contributed by atoms with Gasteiger partial charge in [0.1, 0.15) is 11.5 Å². The van der Waals surface area contributed by atoms with Gasteiger partial charge in [0.25, 0.3) is 5.56 Å². The molecule has 2 aromatic heterocycles. The highest BCUT2D eigenvalue weighted by molar-refractivity contribution is 7.07. The minimum atomic E-state index is -0.666. The molecule has 1 aliphatic heterocycles. The van der Waals surface area contributed by atoms with Crippen molar-refractivity contribution in [2.24, 2.45) is 4.99 Å². The van der Waals surface area contributed by atoms with Crippen LogP contribution in [-0.2, 0) is 14.3 Å². The summed E-state index contributed by atoms with van der Waals surface area (Å²) in [6.45, 7) is 10.3. The van der Waals surface area contributed by atoms with E-state index in [-0.39, 0.29) is 18.1 Å². The summed E-state index contributed by atoms with van der Waals surface area (Å²) in [6.07, 6.45) is 3.06. The van der Waals surface area contributed by atoms with Crippen molar-refractivity contribution >= 4 is 29.4 Å². The summed E-state index contributed by atoms with van der Waals surface area (Å²) in [4.78, 5) is 44.8. The van der Waals surface area contributed by atoms with Crippen LogP contribution in [0.1, 0.15) is 86.7 Å². The fourth-order valence-electron chi connectivity index (χ4n) is 5.20. The lowest BCUT2D eigenvalue weighted by Crippen LogP contribution is -2.40. The maximum Gasteiger partial charge on any atom is 0.338 e. The molecule has 0 radical (unpaired) electrons. The zero-order valence-electron chi connectivity index (χ0n) is 25.6. The summed E-state index contributed by atoms with van der Waals surface area (Å²) in [5.74, 6) is 0.595. The molecule has 228 valence electrons. The number of aromatic nitrogens is 1. The maximum absolute atomic E-state index is 14.0. The van der Waals surface area contributed by atoms with E-state index in [4.69, 9.17) is 18.9 Å². The van der Waals surface area contributed by atoms with Crippen molar-refractivity contribution in [2.75, 3.05) is 13.2 Å². The number of carbonyl (C=O) groups excluding carboxylic acids is 2. The van der Waals surface area contributed by atoms with Gasteiger partial charge in [-0.05, 0) is 61.6 Å². The Morgan fingerprint density at radius 1 is 0.955 bits per heavy atom. The average molecular weight is 613 g/mol. The fourth-order valence-corrected chi connectivity index (χ4v) is 6.20. The van der Waals surface area contributed by atoms with Crippen LogP contribution in [0.15, 0.2) is 86.1 Å². The van der Waals surface area contributed by atoms with Crippen LogP contribution in [0, 0.1) is 0 Å². The minimum absolute atomic E-state index is 0.220. The molecule has 0 N–H and O–H groups in total. The molecular weight excluding hydrogens is 576 g/mol. The van der Waals surface area contributed by atoms with E-state index in [1.165, 1.54) is 16.9 Å².